The van der Waals surface area contributed by atoms with Crippen molar-refractivity contribution >= 4 is 36.2 Å². The van der Waals surface area contributed by atoms with Gasteiger partial charge in [-0.3, -0.25) is 19.2 Å². The number of hydrogen-bond acceptors (Lipinski definition) is 20. The average Bonchev–Trinajstić information content (AvgIpc) is 3.89. The summed E-state index contributed by atoms with van der Waals surface area (Å²) in [6, 6.07) is 6.89. The molecular formula is C53H81N5O16. The van der Waals surface area contributed by atoms with E-state index in [0.29, 0.717) is 32.4 Å². The summed E-state index contributed by atoms with van der Waals surface area (Å²) >= 11 is 0. The van der Waals surface area contributed by atoms with Crippen LogP contribution in [-0.4, -0.2) is 192 Å². The molecule has 3 aliphatic rings. The van der Waals surface area contributed by atoms with Crippen molar-refractivity contribution in [2.45, 2.75) is 192 Å². The molecule has 5 rings (SSSR count). The number of nitrogens with zero attached hydrogens (tertiary/aromatic N) is 5. The van der Waals surface area contributed by atoms with Gasteiger partial charge in [-0.1, -0.05) is 45.1 Å². The maximum absolute atomic E-state index is 14.2. The Labute approximate surface area is 435 Å². The van der Waals surface area contributed by atoms with Gasteiger partial charge in [0.1, 0.15) is 49.5 Å². The van der Waals surface area contributed by atoms with Gasteiger partial charge in [0.05, 0.1) is 42.6 Å². The highest BCUT2D eigenvalue weighted by Crippen LogP contribution is 2.39. The number of ether oxygens (including phenoxy) is 9. The predicted molar refractivity (Wildman–Crippen MR) is 268 cm³/mol. The minimum atomic E-state index is -1.45. The van der Waals surface area contributed by atoms with Gasteiger partial charge in [-0.15, -0.1) is 0 Å². The van der Waals surface area contributed by atoms with Crippen molar-refractivity contribution < 1.29 is 76.8 Å². The molecule has 0 radical (unpaired) electrons. The van der Waals surface area contributed by atoms with E-state index in [-0.39, 0.29) is 32.1 Å². The topological polar surface area (TPSA) is 246 Å². The predicted octanol–water partition coefficient (Wildman–Crippen LogP) is 4.21. The van der Waals surface area contributed by atoms with Gasteiger partial charge in [-0.25, -0.2) is 9.67 Å². The van der Waals surface area contributed by atoms with E-state index < -0.39 is 127 Å². The van der Waals surface area contributed by atoms with Crippen LogP contribution in [0.5, 0.6) is 0 Å². The molecule has 2 N–H and O–H groups in total. The van der Waals surface area contributed by atoms with Gasteiger partial charge in [0.15, 0.2) is 24.3 Å². The second-order valence-corrected chi connectivity index (χ2v) is 20.3. The lowest BCUT2D eigenvalue weighted by Gasteiger charge is -2.50. The zero-order valence-electron chi connectivity index (χ0n) is 45.0. The van der Waals surface area contributed by atoms with E-state index in [1.54, 1.807) is 64.6 Å². The summed E-state index contributed by atoms with van der Waals surface area (Å²) in [5.41, 5.74) is 0.389. The fourth-order valence-electron chi connectivity index (χ4n) is 10.3. The second kappa shape index (κ2) is 28.4. The van der Waals surface area contributed by atoms with Gasteiger partial charge in [0.2, 0.25) is 0 Å². The average molecular weight is 1040 g/mol. The first kappa shape index (κ1) is 60.2. The number of likely N-dealkylation sites (N-methyl/N-ethyl adjacent to an activating group) is 2. The minimum absolute atomic E-state index is 0.0272. The standard InChI is InChI=1S/C53H81N5O16/c1-12-42(62)70-41-27-44(64)69-39(20-15-18-36-17-14-19-38(26-36)58-31-54-30-55-58)21-16-23-57(10)29-40(61)32(3)25-37(22-24-59)49(50(41)66-11)73-52-47(65)46(56(8)9)48(33(4)68-52)72-45-28-53(7,74-35(6)60)51(34(5)67-45)71-43(63)13-2/h14-15,17-19,24,26,30-34,37,39-41,45-52,61,65H,12-13,16,20-23,25,27-29H2,1-11H3/t32-,33?,34?,37+,39+,40+,41-,45+,46?,47?,48-,49+,50+,51+,52+,53?/m1/s1. The number of carbonyl (C=O) groups is 5. The summed E-state index contributed by atoms with van der Waals surface area (Å²) in [7, 11) is 6.79. The molecule has 414 valence electrons. The molecule has 0 amide bonds. The first-order chi connectivity index (χ1) is 35.2. The normalized spacial score (nSPS) is 34.2. The first-order valence-corrected chi connectivity index (χ1v) is 25.9. The van der Waals surface area contributed by atoms with Crippen LogP contribution in [0.25, 0.3) is 11.8 Å². The Kier molecular flexibility index (Phi) is 23.1. The molecular weight excluding hydrogens is 963 g/mol. The smallest absolute Gasteiger partial charge is 0.309 e. The number of cyclic esters (lactones) is 1. The molecule has 3 saturated heterocycles. The molecule has 3 aliphatic heterocycles. The Morgan fingerprint density at radius 3 is 2.36 bits per heavy atom. The second-order valence-electron chi connectivity index (χ2n) is 20.3. The Morgan fingerprint density at radius 1 is 0.986 bits per heavy atom. The maximum atomic E-state index is 14.2. The molecule has 2 aromatic rings. The summed E-state index contributed by atoms with van der Waals surface area (Å²) in [5, 5.41) is 28.3. The van der Waals surface area contributed by atoms with E-state index in [2.05, 4.69) is 10.1 Å². The lowest BCUT2D eigenvalue weighted by atomic mass is 9.82. The molecule has 74 heavy (non-hydrogen) atoms. The highest BCUT2D eigenvalue weighted by atomic mass is 16.7. The molecule has 16 atom stereocenters. The van der Waals surface area contributed by atoms with E-state index in [9.17, 15) is 34.2 Å². The number of aliphatic hydroxyl groups excluding tert-OH is 2. The van der Waals surface area contributed by atoms with Crippen LogP contribution < -0.4 is 0 Å². The highest BCUT2D eigenvalue weighted by Gasteiger charge is 2.54. The fourth-order valence-corrected chi connectivity index (χ4v) is 10.3. The van der Waals surface area contributed by atoms with Gasteiger partial charge in [0, 0.05) is 52.7 Å². The molecule has 0 aliphatic carbocycles. The summed E-state index contributed by atoms with van der Waals surface area (Å²) in [6.45, 7) is 12.4. The molecule has 0 bridgehead atoms. The number of aromatic nitrogens is 3. The number of β-amino-alcohol motifs (C(OH)–C–C–N with tert-alkyl or cyclic N) is 1. The Bertz CT molecular complexity index is 2130. The van der Waals surface area contributed by atoms with Gasteiger partial charge in [-0.2, -0.15) is 5.10 Å². The third kappa shape index (κ3) is 16.6. The van der Waals surface area contributed by atoms with Gasteiger partial charge in [0.25, 0.3) is 0 Å². The number of hydrogen-bond donors (Lipinski definition) is 2. The fraction of sp³-hybridized carbons (Fsp3) is 0.717. The van der Waals surface area contributed by atoms with Crippen molar-refractivity contribution in [2.75, 3.05) is 41.3 Å². The number of methoxy groups -OCH3 is 1. The number of esters is 4. The summed E-state index contributed by atoms with van der Waals surface area (Å²) in [5.74, 6) is -3.49. The Balaban J connectivity index is 1.45. The van der Waals surface area contributed by atoms with E-state index in [1.165, 1.54) is 20.4 Å². The molecule has 4 heterocycles. The number of aldehydes is 1. The molecule has 0 saturated carbocycles. The number of aliphatic hydroxyl groups is 2. The van der Waals surface area contributed by atoms with Crippen LogP contribution in [0.2, 0.25) is 0 Å². The quantitative estimate of drug-likeness (QED) is 0.128. The Hall–Kier alpha value is -4.71. The minimum Gasteiger partial charge on any atom is -0.462 e. The summed E-state index contributed by atoms with van der Waals surface area (Å²) < 4.78 is 57.8. The first-order valence-electron chi connectivity index (χ1n) is 25.9. The zero-order valence-corrected chi connectivity index (χ0v) is 45.0. The van der Waals surface area contributed by atoms with E-state index in [4.69, 9.17) is 42.6 Å². The summed E-state index contributed by atoms with van der Waals surface area (Å²) in [6.07, 6.45) is -3.54. The van der Waals surface area contributed by atoms with Crippen LogP contribution in [0.4, 0.5) is 0 Å². The number of benzene rings is 1. The third-order valence-corrected chi connectivity index (χ3v) is 14.1. The lowest BCUT2D eigenvalue weighted by Crippen LogP contribution is -2.66. The van der Waals surface area contributed by atoms with Gasteiger partial charge < -0.3 is 67.4 Å². The van der Waals surface area contributed by atoms with Crippen molar-refractivity contribution in [3.05, 3.63) is 48.6 Å². The van der Waals surface area contributed by atoms with E-state index >= 15 is 0 Å². The lowest BCUT2D eigenvalue weighted by molar-refractivity contribution is -0.344. The van der Waals surface area contributed by atoms with Crippen molar-refractivity contribution in [2.24, 2.45) is 11.8 Å². The van der Waals surface area contributed by atoms with Crippen molar-refractivity contribution in [1.82, 2.24) is 24.6 Å². The molecule has 3 fully saturated rings. The van der Waals surface area contributed by atoms with Crippen molar-refractivity contribution in [3.63, 3.8) is 0 Å². The molecule has 5 unspecified atom stereocenters. The van der Waals surface area contributed by atoms with Crippen molar-refractivity contribution in [3.8, 4) is 5.69 Å². The third-order valence-electron chi connectivity index (χ3n) is 14.1. The van der Waals surface area contributed by atoms with E-state index in [1.807, 2.05) is 55.3 Å². The van der Waals surface area contributed by atoms with Crippen molar-refractivity contribution in [1.29, 1.82) is 0 Å². The van der Waals surface area contributed by atoms with Gasteiger partial charge >= 0.3 is 23.9 Å². The van der Waals surface area contributed by atoms with Crippen LogP contribution in [0.1, 0.15) is 112 Å². The zero-order chi connectivity index (χ0) is 54.3. The van der Waals surface area contributed by atoms with E-state index in [0.717, 1.165) is 17.5 Å². The highest BCUT2D eigenvalue weighted by molar-refractivity contribution is 5.73. The molecule has 1 aromatic heterocycles. The van der Waals surface area contributed by atoms with Crippen LogP contribution in [0.15, 0.2) is 43.0 Å². The SMILES string of the molecule is CCC(=O)O[C@@H]1CC(=O)O[C@@H](CC=Cc2cccc(-n3cncn3)c2)CCCN(C)C[C@H](O)[C@H](C)C[C@H](CC=O)[C@H](O[C@@H]2OC(C)[C@@H](O[C@H]3CC(C)(OC(C)=O)[C@@H](OC(=O)CC)C(C)O3)C(N(C)C)C2O)[C@H]1OC. The van der Waals surface area contributed by atoms with Crippen LogP contribution in [0.3, 0.4) is 0 Å². The molecule has 0 spiro atoms. The Morgan fingerprint density at radius 2 is 1.72 bits per heavy atom. The summed E-state index contributed by atoms with van der Waals surface area (Å²) in [4.78, 5) is 72.8. The maximum Gasteiger partial charge on any atom is 0.309 e. The molecule has 21 nitrogen and oxygen atoms in total. The van der Waals surface area contributed by atoms with Crippen LogP contribution in [0, 0.1) is 11.8 Å². The van der Waals surface area contributed by atoms with Crippen LogP contribution >= 0.6 is 0 Å². The number of carbonyl (C=O) groups excluding carboxylic acids is 5. The number of rotatable bonds is 17. The monoisotopic (exact) mass is 1040 g/mol. The van der Waals surface area contributed by atoms with Crippen LogP contribution in [-0.2, 0) is 66.6 Å². The van der Waals surface area contributed by atoms with Gasteiger partial charge in [-0.05, 0) is 97.3 Å². The largest absolute Gasteiger partial charge is 0.462 e. The molecule has 21 heteroatoms. The molecule has 1 aromatic carbocycles.